The molecule has 0 N–H and O–H groups in total. The van der Waals surface area contributed by atoms with Gasteiger partial charge in [-0.2, -0.15) is 0 Å². The minimum absolute atomic E-state index is 0.00812. The van der Waals surface area contributed by atoms with E-state index in [2.05, 4.69) is 0 Å². The van der Waals surface area contributed by atoms with E-state index in [4.69, 9.17) is 23.8 Å². The topological polar surface area (TPSA) is 66.0 Å². The van der Waals surface area contributed by atoms with Crippen molar-refractivity contribution in [1.29, 1.82) is 0 Å². The Morgan fingerprint density at radius 3 is 2.19 bits per heavy atom. The molecule has 110 valence electrons. The van der Waals surface area contributed by atoms with Crippen molar-refractivity contribution in [2.45, 2.75) is 0 Å². The van der Waals surface area contributed by atoms with Crippen molar-refractivity contribution in [2.24, 2.45) is 14.1 Å². The first kappa shape index (κ1) is 15.3. The van der Waals surface area contributed by atoms with E-state index in [0.29, 0.717) is 10.9 Å². The largest absolute Gasteiger partial charge is 0.338 e. The van der Waals surface area contributed by atoms with Gasteiger partial charge in [-0.05, 0) is 24.4 Å². The first-order chi connectivity index (χ1) is 9.79. The summed E-state index contributed by atoms with van der Waals surface area (Å²) in [6, 6.07) is 1.91. The SMILES string of the molecule is Cn1c(=S)n(C)c(=O)n(-c2cc(C=O)c(Cl)cc2F)c1=O. The summed E-state index contributed by atoms with van der Waals surface area (Å²) >= 11 is 10.6. The van der Waals surface area contributed by atoms with Gasteiger partial charge < -0.3 is 0 Å². The third kappa shape index (κ3) is 2.36. The van der Waals surface area contributed by atoms with E-state index in [9.17, 15) is 18.8 Å². The van der Waals surface area contributed by atoms with E-state index in [-0.39, 0.29) is 21.0 Å². The Hall–Kier alpha value is -2.06. The number of hydrogen-bond donors (Lipinski definition) is 0. The molecule has 0 atom stereocenters. The third-order valence-electron chi connectivity index (χ3n) is 2.96. The Bertz CT molecular complexity index is 889. The first-order valence-corrected chi connectivity index (χ1v) is 6.42. The Kier molecular flexibility index (Phi) is 3.93. The zero-order valence-electron chi connectivity index (χ0n) is 11.0. The van der Waals surface area contributed by atoms with E-state index >= 15 is 0 Å². The maximum Gasteiger partial charge on any atom is 0.338 e. The molecule has 1 aromatic heterocycles. The van der Waals surface area contributed by atoms with Crippen molar-refractivity contribution in [3.05, 3.63) is 54.3 Å². The van der Waals surface area contributed by atoms with Crippen LogP contribution < -0.4 is 11.4 Å². The van der Waals surface area contributed by atoms with Gasteiger partial charge in [0.15, 0.2) is 11.1 Å². The summed E-state index contributed by atoms with van der Waals surface area (Å²) < 4.78 is 16.7. The highest BCUT2D eigenvalue weighted by Gasteiger charge is 2.16. The maximum absolute atomic E-state index is 14.0. The fourth-order valence-electron chi connectivity index (χ4n) is 1.79. The van der Waals surface area contributed by atoms with Crippen molar-refractivity contribution in [3.63, 3.8) is 0 Å². The molecule has 0 saturated carbocycles. The van der Waals surface area contributed by atoms with Crippen molar-refractivity contribution in [2.75, 3.05) is 0 Å². The van der Waals surface area contributed by atoms with Crippen LogP contribution in [0.3, 0.4) is 0 Å². The molecule has 0 aliphatic rings. The summed E-state index contributed by atoms with van der Waals surface area (Å²) in [5, 5.41) is -0.111. The summed E-state index contributed by atoms with van der Waals surface area (Å²) in [7, 11) is 2.71. The molecule has 0 amide bonds. The molecule has 2 aromatic rings. The summed E-state index contributed by atoms with van der Waals surface area (Å²) in [6.45, 7) is 0. The molecule has 2 rings (SSSR count). The molecule has 0 aliphatic carbocycles. The number of benzene rings is 1. The van der Waals surface area contributed by atoms with Crippen LogP contribution in [0.1, 0.15) is 10.4 Å². The van der Waals surface area contributed by atoms with Gasteiger partial charge in [-0.3, -0.25) is 13.9 Å². The molecule has 0 saturated heterocycles. The molecule has 21 heavy (non-hydrogen) atoms. The lowest BCUT2D eigenvalue weighted by atomic mass is 10.2. The quantitative estimate of drug-likeness (QED) is 0.613. The summed E-state index contributed by atoms with van der Waals surface area (Å²) in [4.78, 5) is 35.2. The number of carbonyl (C=O) groups excluding carboxylic acids is 1. The van der Waals surface area contributed by atoms with E-state index in [1.54, 1.807) is 0 Å². The van der Waals surface area contributed by atoms with E-state index < -0.39 is 17.2 Å². The van der Waals surface area contributed by atoms with Gasteiger partial charge in [-0.1, -0.05) is 11.6 Å². The van der Waals surface area contributed by atoms with Crippen molar-refractivity contribution < 1.29 is 9.18 Å². The fourth-order valence-corrected chi connectivity index (χ4v) is 2.14. The molecular formula is C12H9ClFN3O3S. The fraction of sp³-hybridized carbons (Fsp3) is 0.167. The molecular weight excluding hydrogens is 321 g/mol. The third-order valence-corrected chi connectivity index (χ3v) is 3.84. The molecule has 0 aliphatic heterocycles. The summed E-state index contributed by atoms with van der Waals surface area (Å²) in [5.41, 5.74) is -2.04. The second-order valence-electron chi connectivity index (χ2n) is 4.24. The Labute approximate surface area is 127 Å². The molecule has 0 bridgehead atoms. The number of hydrogen-bond acceptors (Lipinski definition) is 4. The van der Waals surface area contributed by atoms with Gasteiger partial charge in [0.05, 0.1) is 10.7 Å². The zero-order chi connectivity index (χ0) is 15.9. The minimum atomic E-state index is -0.901. The summed E-state index contributed by atoms with van der Waals surface area (Å²) in [6.07, 6.45) is 0.405. The summed E-state index contributed by atoms with van der Waals surface area (Å²) in [5.74, 6) is -0.901. The number of aromatic nitrogens is 3. The molecule has 1 heterocycles. The Morgan fingerprint density at radius 2 is 1.71 bits per heavy atom. The lowest BCUT2D eigenvalue weighted by Crippen LogP contribution is -2.43. The van der Waals surface area contributed by atoms with Crippen LogP contribution in [0, 0.1) is 10.6 Å². The number of carbonyl (C=O) groups is 1. The van der Waals surface area contributed by atoms with Crippen LogP contribution in [0.4, 0.5) is 4.39 Å². The van der Waals surface area contributed by atoms with Crippen LogP contribution in [0.25, 0.3) is 5.69 Å². The van der Waals surface area contributed by atoms with Crippen molar-refractivity contribution in [3.8, 4) is 5.69 Å². The van der Waals surface area contributed by atoms with Gasteiger partial charge in [0.25, 0.3) is 0 Å². The number of aldehydes is 1. The smallest absolute Gasteiger partial charge is 0.298 e. The van der Waals surface area contributed by atoms with Crippen molar-refractivity contribution in [1.82, 2.24) is 13.7 Å². The highest BCUT2D eigenvalue weighted by molar-refractivity contribution is 7.71. The van der Waals surface area contributed by atoms with E-state index in [1.165, 1.54) is 14.1 Å². The monoisotopic (exact) mass is 329 g/mol. The highest BCUT2D eigenvalue weighted by atomic mass is 35.5. The highest BCUT2D eigenvalue weighted by Crippen LogP contribution is 2.20. The number of halogens is 2. The van der Waals surface area contributed by atoms with Crippen LogP contribution in [-0.2, 0) is 14.1 Å². The number of nitrogens with zero attached hydrogens (tertiary/aromatic N) is 3. The second kappa shape index (κ2) is 5.38. The van der Waals surface area contributed by atoms with Crippen LogP contribution in [0.15, 0.2) is 21.7 Å². The standard InChI is InChI=1S/C12H9ClFN3O3S/c1-15-10(19)17(11(20)16(2)12(15)21)9-3-6(5-18)7(13)4-8(9)14/h3-5H,1-2H3. The average molecular weight is 330 g/mol. The molecule has 9 heteroatoms. The van der Waals surface area contributed by atoms with Gasteiger partial charge in [-0.15, -0.1) is 0 Å². The van der Waals surface area contributed by atoms with Crippen LogP contribution in [-0.4, -0.2) is 20.0 Å². The molecule has 1 aromatic carbocycles. The molecule has 0 spiro atoms. The van der Waals surface area contributed by atoms with Crippen molar-refractivity contribution >= 4 is 30.1 Å². The minimum Gasteiger partial charge on any atom is -0.298 e. The first-order valence-electron chi connectivity index (χ1n) is 5.63. The lowest BCUT2D eigenvalue weighted by Gasteiger charge is -2.11. The predicted molar refractivity (Wildman–Crippen MR) is 77.4 cm³/mol. The van der Waals surface area contributed by atoms with Gasteiger partial charge in [0.2, 0.25) is 0 Å². The van der Waals surface area contributed by atoms with E-state index in [1.807, 2.05) is 0 Å². The van der Waals surface area contributed by atoms with Gasteiger partial charge in [0, 0.05) is 19.7 Å². The maximum atomic E-state index is 14.0. The Balaban J connectivity index is 2.99. The predicted octanol–water partition coefficient (Wildman–Crippen LogP) is 1.21. The zero-order valence-corrected chi connectivity index (χ0v) is 12.5. The molecule has 0 radical (unpaired) electrons. The second-order valence-corrected chi connectivity index (χ2v) is 5.02. The lowest BCUT2D eigenvalue weighted by molar-refractivity contribution is 0.112. The van der Waals surface area contributed by atoms with Crippen LogP contribution in [0.2, 0.25) is 5.02 Å². The normalized spacial score (nSPS) is 10.7. The number of rotatable bonds is 2. The van der Waals surface area contributed by atoms with Gasteiger partial charge in [-0.25, -0.2) is 18.5 Å². The Morgan fingerprint density at radius 1 is 1.19 bits per heavy atom. The van der Waals surface area contributed by atoms with E-state index in [0.717, 1.165) is 21.3 Å². The van der Waals surface area contributed by atoms with Crippen LogP contribution in [0.5, 0.6) is 0 Å². The van der Waals surface area contributed by atoms with Crippen LogP contribution >= 0.6 is 23.8 Å². The van der Waals surface area contributed by atoms with Gasteiger partial charge >= 0.3 is 11.4 Å². The molecule has 0 fully saturated rings. The molecule has 6 nitrogen and oxygen atoms in total. The van der Waals surface area contributed by atoms with Gasteiger partial charge in [0.1, 0.15) is 5.82 Å². The molecule has 0 unspecified atom stereocenters. The average Bonchev–Trinajstić information content (AvgIpc) is 2.45.